The van der Waals surface area contributed by atoms with Crippen LogP contribution in [0.4, 0.5) is 23.4 Å². The van der Waals surface area contributed by atoms with Gasteiger partial charge in [-0.25, -0.2) is 14.4 Å². The van der Waals surface area contributed by atoms with Gasteiger partial charge in [-0.1, -0.05) is 0 Å². The number of nitrogens with zero attached hydrogens (tertiary/aromatic N) is 6. The zero-order chi connectivity index (χ0) is 36.4. The highest BCUT2D eigenvalue weighted by Crippen LogP contribution is 2.45. The van der Waals surface area contributed by atoms with Gasteiger partial charge in [-0.05, 0) is 70.8 Å². The van der Waals surface area contributed by atoms with E-state index in [2.05, 4.69) is 19.6 Å². The SMILES string of the molecule is CC(C)N(CC(F)(F)F)C(=O)c1cc(F)ccc1Oc1cncnc1N1CC2(CCN(C[C@@H]3CC[C@@H](NS(=O)(=O)N4CCOCC4)CO3)CC2)C1. The molecule has 0 radical (unpaired) electrons. The Balaban J connectivity index is 1.01. The average Bonchev–Trinajstić information content (AvgIpc) is 3.08. The predicted octanol–water partition coefficient (Wildman–Crippen LogP) is 3.44. The van der Waals surface area contributed by atoms with E-state index in [1.807, 2.05) is 4.90 Å². The van der Waals surface area contributed by atoms with E-state index in [0.29, 0.717) is 63.1 Å². The Bertz CT molecular complexity index is 1620. The minimum Gasteiger partial charge on any atom is -0.451 e. The number of morpholine rings is 1. The highest BCUT2D eigenvalue weighted by Gasteiger charge is 2.46. The number of aromatic nitrogens is 2. The number of benzene rings is 1. The third-order valence-corrected chi connectivity index (χ3v) is 11.7. The molecule has 51 heavy (non-hydrogen) atoms. The quantitative estimate of drug-likeness (QED) is 0.342. The lowest BCUT2D eigenvalue weighted by molar-refractivity contribution is -0.143. The summed E-state index contributed by atoms with van der Waals surface area (Å²) in [7, 11) is -3.57. The molecule has 18 heteroatoms. The van der Waals surface area contributed by atoms with Crippen LogP contribution < -0.4 is 14.4 Å². The first-order valence-electron chi connectivity index (χ1n) is 17.3. The zero-order valence-corrected chi connectivity index (χ0v) is 29.6. The van der Waals surface area contributed by atoms with E-state index in [0.717, 1.165) is 51.0 Å². The smallest absolute Gasteiger partial charge is 0.406 e. The molecule has 0 bridgehead atoms. The molecule has 1 aromatic heterocycles. The molecule has 4 aliphatic rings. The maximum absolute atomic E-state index is 14.3. The summed E-state index contributed by atoms with van der Waals surface area (Å²) in [5, 5.41) is 0. The van der Waals surface area contributed by atoms with Crippen LogP contribution in [0.2, 0.25) is 0 Å². The van der Waals surface area contributed by atoms with E-state index in [1.165, 1.54) is 36.7 Å². The number of carbonyl (C=O) groups excluding carboxylic acids is 1. The first-order chi connectivity index (χ1) is 24.2. The largest absolute Gasteiger partial charge is 0.451 e. The number of piperidine rings is 1. The van der Waals surface area contributed by atoms with E-state index < -0.39 is 40.7 Å². The number of halogens is 4. The van der Waals surface area contributed by atoms with Gasteiger partial charge in [0.25, 0.3) is 16.1 Å². The van der Waals surface area contributed by atoms with Crippen LogP contribution in [-0.2, 0) is 19.7 Å². The Morgan fingerprint density at radius 1 is 1.12 bits per heavy atom. The number of ether oxygens (including phenoxy) is 3. The highest BCUT2D eigenvalue weighted by atomic mass is 32.2. The lowest BCUT2D eigenvalue weighted by atomic mass is 9.72. The number of nitrogens with one attached hydrogen (secondary N) is 1. The minimum absolute atomic E-state index is 0.0334. The van der Waals surface area contributed by atoms with Crippen molar-refractivity contribution in [3.05, 3.63) is 42.1 Å². The van der Waals surface area contributed by atoms with Crippen molar-refractivity contribution < 1.29 is 45.0 Å². The van der Waals surface area contributed by atoms with E-state index >= 15 is 0 Å². The van der Waals surface area contributed by atoms with Crippen LogP contribution >= 0.6 is 0 Å². The molecule has 13 nitrogen and oxygen atoms in total. The van der Waals surface area contributed by atoms with Crippen LogP contribution in [0.3, 0.4) is 0 Å². The second-order valence-corrected chi connectivity index (χ2v) is 15.8. The van der Waals surface area contributed by atoms with Gasteiger partial charge in [0.2, 0.25) is 0 Å². The van der Waals surface area contributed by atoms with Gasteiger partial charge >= 0.3 is 6.18 Å². The van der Waals surface area contributed by atoms with Crippen molar-refractivity contribution >= 4 is 21.9 Å². The maximum Gasteiger partial charge on any atom is 0.406 e. The molecule has 1 aromatic carbocycles. The number of hydrogen-bond acceptors (Lipinski definition) is 10. The summed E-state index contributed by atoms with van der Waals surface area (Å²) in [4.78, 5) is 26.8. The van der Waals surface area contributed by atoms with E-state index in [4.69, 9.17) is 14.2 Å². The molecule has 2 atom stereocenters. The summed E-state index contributed by atoms with van der Waals surface area (Å²) >= 11 is 0. The molecule has 1 amide bonds. The zero-order valence-electron chi connectivity index (χ0n) is 28.8. The van der Waals surface area contributed by atoms with Gasteiger partial charge in [0.15, 0.2) is 11.6 Å². The summed E-state index contributed by atoms with van der Waals surface area (Å²) in [6.07, 6.45) is 1.58. The monoisotopic (exact) mass is 743 g/mol. The molecule has 0 unspecified atom stereocenters. The number of likely N-dealkylation sites (tertiary alicyclic amines) is 1. The van der Waals surface area contributed by atoms with Gasteiger partial charge in [0.05, 0.1) is 37.7 Å². The molecule has 2 aromatic rings. The summed E-state index contributed by atoms with van der Waals surface area (Å²) < 4.78 is 101. The molecule has 5 heterocycles. The lowest BCUT2D eigenvalue weighted by Crippen LogP contribution is -2.61. The van der Waals surface area contributed by atoms with Crippen molar-refractivity contribution in [2.24, 2.45) is 5.41 Å². The van der Waals surface area contributed by atoms with E-state index in [1.54, 1.807) is 0 Å². The molecule has 1 N–H and O–H groups in total. The lowest BCUT2D eigenvalue weighted by Gasteiger charge is -2.54. The van der Waals surface area contributed by atoms with Crippen LogP contribution in [0.1, 0.15) is 49.9 Å². The molecule has 282 valence electrons. The number of carbonyl (C=O) groups is 1. The van der Waals surface area contributed by atoms with Crippen molar-refractivity contribution in [1.82, 2.24) is 28.8 Å². The van der Waals surface area contributed by atoms with Crippen LogP contribution in [0, 0.1) is 11.2 Å². The molecule has 0 aliphatic carbocycles. The fourth-order valence-corrected chi connectivity index (χ4v) is 8.56. The maximum atomic E-state index is 14.3. The van der Waals surface area contributed by atoms with Crippen molar-refractivity contribution in [2.75, 3.05) is 77.1 Å². The van der Waals surface area contributed by atoms with Crippen LogP contribution in [0.15, 0.2) is 30.7 Å². The molecule has 4 fully saturated rings. The van der Waals surface area contributed by atoms with E-state index in [-0.39, 0.29) is 34.6 Å². The third kappa shape index (κ3) is 9.26. The number of alkyl halides is 3. The van der Waals surface area contributed by atoms with E-state index in [9.17, 15) is 30.8 Å². The number of hydrogen-bond donors (Lipinski definition) is 1. The van der Waals surface area contributed by atoms with Crippen molar-refractivity contribution in [3.8, 4) is 11.5 Å². The summed E-state index contributed by atoms with van der Waals surface area (Å²) in [5.74, 6) is -1.20. The molecule has 4 aliphatic heterocycles. The molecular weight excluding hydrogens is 698 g/mol. The van der Waals surface area contributed by atoms with Crippen molar-refractivity contribution in [2.45, 2.75) is 63.9 Å². The first kappa shape index (κ1) is 37.6. The van der Waals surface area contributed by atoms with Gasteiger partial charge in [-0.3, -0.25) is 4.79 Å². The van der Waals surface area contributed by atoms with Gasteiger partial charge < -0.3 is 28.9 Å². The van der Waals surface area contributed by atoms with Crippen molar-refractivity contribution in [3.63, 3.8) is 0 Å². The van der Waals surface area contributed by atoms with Crippen molar-refractivity contribution in [1.29, 1.82) is 0 Å². The van der Waals surface area contributed by atoms with Gasteiger partial charge in [-0.15, -0.1) is 0 Å². The Morgan fingerprint density at radius 3 is 2.49 bits per heavy atom. The topological polar surface area (TPSA) is 130 Å². The third-order valence-electron chi connectivity index (χ3n) is 10.0. The Kier molecular flexibility index (Phi) is 11.4. The molecular formula is C33H45F4N7O6S. The van der Waals surface area contributed by atoms with Gasteiger partial charge in [-0.2, -0.15) is 30.6 Å². The Hall–Kier alpha value is -3.16. The Labute approximate surface area is 295 Å². The fourth-order valence-electron chi connectivity index (χ4n) is 7.18. The second-order valence-electron chi connectivity index (χ2n) is 14.1. The average molecular weight is 744 g/mol. The molecule has 0 saturated carbocycles. The number of anilines is 1. The number of rotatable bonds is 11. The minimum atomic E-state index is -4.64. The standard InChI is InChI=1S/C33H45F4N7O6S/c1-23(2)44(21-33(35,36)37)31(45)27-15-24(34)3-6-28(27)50-29-16-38-22-39-30(29)42-19-32(20-42)7-9-41(10-8-32)17-26-5-4-25(18-49-26)40-51(46,47)43-11-13-48-14-12-43/h3,6,15-16,22-23,25-26,40H,4-5,7-14,17-21H2,1-2H3/t25-,26+/m1/s1. The fraction of sp³-hybridized carbons (Fsp3) is 0.667. The predicted molar refractivity (Wildman–Crippen MR) is 178 cm³/mol. The second kappa shape index (κ2) is 15.4. The highest BCUT2D eigenvalue weighted by molar-refractivity contribution is 7.87. The van der Waals surface area contributed by atoms with Gasteiger partial charge in [0.1, 0.15) is 24.4 Å². The summed E-state index contributed by atoms with van der Waals surface area (Å²) in [6.45, 7) is 7.23. The van der Waals surface area contributed by atoms with Gasteiger partial charge in [0, 0.05) is 50.2 Å². The summed E-state index contributed by atoms with van der Waals surface area (Å²) in [6, 6.07) is 2.12. The first-order valence-corrected chi connectivity index (χ1v) is 18.7. The normalized spacial score (nSPS) is 23.3. The molecule has 4 saturated heterocycles. The summed E-state index contributed by atoms with van der Waals surface area (Å²) in [5.41, 5.74) is -0.261. The molecule has 6 rings (SSSR count). The van der Waals surface area contributed by atoms with Crippen LogP contribution in [-0.4, -0.2) is 135 Å². The van der Waals surface area contributed by atoms with Crippen LogP contribution in [0.5, 0.6) is 11.5 Å². The molecule has 1 spiro atoms. The number of amides is 1. The van der Waals surface area contributed by atoms with Crippen LogP contribution in [0.25, 0.3) is 0 Å². The Morgan fingerprint density at radius 2 is 1.84 bits per heavy atom.